The molecule has 0 amide bonds. The molecule has 6 heterocycles. The summed E-state index contributed by atoms with van der Waals surface area (Å²) in [6, 6.07) is 12.4. The number of nitrogens with one attached hydrogen (secondary N) is 1. The van der Waals surface area contributed by atoms with Crippen LogP contribution in [0.2, 0.25) is 0 Å². The van der Waals surface area contributed by atoms with E-state index < -0.39 is 45.4 Å². The van der Waals surface area contributed by atoms with E-state index in [0.29, 0.717) is 13.0 Å². The van der Waals surface area contributed by atoms with Gasteiger partial charge in [0.2, 0.25) is 0 Å². The van der Waals surface area contributed by atoms with Crippen molar-refractivity contribution in [3.63, 3.8) is 0 Å². The van der Waals surface area contributed by atoms with E-state index in [2.05, 4.69) is 89.0 Å². The van der Waals surface area contributed by atoms with Crippen LogP contribution in [0.4, 0.5) is 5.69 Å². The molecule has 9 heteroatoms. The lowest BCUT2D eigenvalue weighted by molar-refractivity contribution is -0.200. The molecule has 1 aromatic heterocycles. The van der Waals surface area contributed by atoms with Crippen LogP contribution in [0.5, 0.6) is 5.75 Å². The molecule has 3 aromatic rings. The average Bonchev–Trinajstić information content (AvgIpc) is 3.79. The van der Waals surface area contributed by atoms with Gasteiger partial charge in [0.05, 0.1) is 18.8 Å². The first-order valence-electron chi connectivity index (χ1n) is 19.6. The quantitative estimate of drug-likeness (QED) is 0.283. The number of piperidine rings is 1. The Balaban J connectivity index is 1.31. The Kier molecular flexibility index (Phi) is 7.58. The maximum absolute atomic E-state index is 13.8. The first-order chi connectivity index (χ1) is 24.8. The van der Waals surface area contributed by atoms with E-state index >= 15 is 0 Å². The fourth-order valence-corrected chi connectivity index (χ4v) is 13.0. The molecule has 2 bridgehead atoms. The summed E-state index contributed by atoms with van der Waals surface area (Å²) < 4.78 is 6.39. The number of hydrogen-bond donors (Lipinski definition) is 4. The molecule has 9 nitrogen and oxygen atoms in total. The Morgan fingerprint density at radius 1 is 1.06 bits per heavy atom. The molecule has 3 unspecified atom stereocenters. The molecule has 5 aliphatic heterocycles. The summed E-state index contributed by atoms with van der Waals surface area (Å²) in [5.41, 5.74) is 2.19. The normalized spacial score (nSPS) is 40.7. The number of likely N-dealkylation sites (N-methyl/N-ethyl adjacent to an activating group) is 1. The highest BCUT2D eigenvalue weighted by molar-refractivity contribution is 5.90. The third-order valence-electron chi connectivity index (χ3n) is 15.2. The highest BCUT2D eigenvalue weighted by atomic mass is 16.5. The number of aromatic amines is 1. The Morgan fingerprint density at radius 2 is 1.85 bits per heavy atom. The zero-order valence-corrected chi connectivity index (χ0v) is 31.7. The van der Waals surface area contributed by atoms with Gasteiger partial charge in [0.1, 0.15) is 11.9 Å². The minimum absolute atomic E-state index is 0.0944. The van der Waals surface area contributed by atoms with Crippen molar-refractivity contribution in [1.82, 2.24) is 14.8 Å². The number of Topliss-reactive ketones (excluding diaryl/α,β-unsaturated/α-hetero) is 1. The lowest BCUT2D eigenvalue weighted by atomic mass is 9.47. The number of aliphatic hydroxyl groups is 3. The van der Waals surface area contributed by atoms with Crippen molar-refractivity contribution in [2.75, 3.05) is 51.8 Å². The number of aliphatic hydroxyl groups excluding tert-OH is 1. The number of hydrogen-bond acceptors (Lipinski definition) is 8. The number of benzene rings is 2. The lowest BCUT2D eigenvalue weighted by Crippen LogP contribution is -2.80. The predicted molar refractivity (Wildman–Crippen MR) is 203 cm³/mol. The Hall–Kier alpha value is -3.21. The SMILES string of the molecule is CC[C@]1(O)CC2CN(CCc3c([nH]c4ccccc34)[C@@](C)(c3cc4c(cc3OC)N(C)C3[C@]45CCN4CC=C[C@](CC)([C@@H]45)[C@@H](O)[C@]3(O)C(C)=O)C2)C1. The number of fused-ring (bicyclic) bond motifs is 6. The molecular formula is C43H56N4O5. The molecule has 1 aliphatic carbocycles. The van der Waals surface area contributed by atoms with Crippen LogP contribution in [0.3, 0.4) is 0 Å². The number of ketones is 1. The summed E-state index contributed by atoms with van der Waals surface area (Å²) in [7, 11) is 3.73. The average molecular weight is 709 g/mol. The van der Waals surface area contributed by atoms with Gasteiger partial charge in [-0.15, -0.1) is 0 Å². The fraction of sp³-hybridized carbons (Fsp3) is 0.605. The molecule has 10 atom stereocenters. The van der Waals surface area contributed by atoms with E-state index in [1.54, 1.807) is 7.11 Å². The maximum Gasteiger partial charge on any atom is 0.170 e. The van der Waals surface area contributed by atoms with Gasteiger partial charge in [0.25, 0.3) is 0 Å². The van der Waals surface area contributed by atoms with Crippen LogP contribution in [-0.4, -0.2) is 112 Å². The molecule has 2 aromatic carbocycles. The third-order valence-corrected chi connectivity index (χ3v) is 15.2. The first kappa shape index (κ1) is 34.6. The number of carbonyl (C=O) groups excluding carboxylic acids is 1. The molecule has 2 saturated heterocycles. The van der Waals surface area contributed by atoms with Crippen molar-refractivity contribution in [3.8, 4) is 5.75 Å². The summed E-state index contributed by atoms with van der Waals surface area (Å²) in [6.45, 7) is 12.1. The highest BCUT2D eigenvalue weighted by Gasteiger charge is 2.78. The van der Waals surface area contributed by atoms with E-state index in [-0.39, 0.29) is 12.0 Å². The van der Waals surface area contributed by atoms with Crippen molar-refractivity contribution < 1.29 is 24.9 Å². The summed E-state index contributed by atoms with van der Waals surface area (Å²) in [5, 5.41) is 38.2. The number of rotatable bonds is 5. The second kappa shape index (κ2) is 11.4. The summed E-state index contributed by atoms with van der Waals surface area (Å²) >= 11 is 0. The molecule has 52 heavy (non-hydrogen) atoms. The second-order valence-corrected chi connectivity index (χ2v) is 17.6. The van der Waals surface area contributed by atoms with Crippen molar-refractivity contribution in [3.05, 3.63) is 70.9 Å². The molecule has 4 N–H and O–H groups in total. The number of ether oxygens (including phenoxy) is 1. The van der Waals surface area contributed by atoms with Crippen LogP contribution in [0.1, 0.15) is 82.2 Å². The lowest BCUT2D eigenvalue weighted by Gasteiger charge is -2.63. The van der Waals surface area contributed by atoms with Crippen LogP contribution < -0.4 is 9.64 Å². The smallest absolute Gasteiger partial charge is 0.170 e. The summed E-state index contributed by atoms with van der Waals surface area (Å²) in [6.07, 6.45) is 7.53. The Labute approximate surface area is 307 Å². The molecule has 0 radical (unpaired) electrons. The van der Waals surface area contributed by atoms with Gasteiger partial charge in [0.15, 0.2) is 11.4 Å². The van der Waals surface area contributed by atoms with Gasteiger partial charge in [-0.05, 0) is 88.1 Å². The van der Waals surface area contributed by atoms with Gasteiger partial charge in [-0.1, -0.05) is 44.2 Å². The van der Waals surface area contributed by atoms with Gasteiger partial charge < -0.3 is 29.9 Å². The highest BCUT2D eigenvalue weighted by Crippen LogP contribution is 2.67. The molecule has 278 valence electrons. The van der Waals surface area contributed by atoms with E-state index in [4.69, 9.17) is 4.74 Å². The Morgan fingerprint density at radius 3 is 2.58 bits per heavy atom. The van der Waals surface area contributed by atoms with E-state index in [1.165, 1.54) is 23.6 Å². The molecule has 3 fully saturated rings. The van der Waals surface area contributed by atoms with Crippen molar-refractivity contribution in [2.45, 2.75) is 106 Å². The third kappa shape index (κ3) is 4.20. The number of anilines is 1. The van der Waals surface area contributed by atoms with Crippen LogP contribution in [0, 0.1) is 11.3 Å². The van der Waals surface area contributed by atoms with E-state index in [0.717, 1.165) is 86.4 Å². The zero-order valence-electron chi connectivity index (χ0n) is 31.7. The van der Waals surface area contributed by atoms with Crippen LogP contribution in [0.25, 0.3) is 10.9 Å². The topological polar surface area (TPSA) is 112 Å². The van der Waals surface area contributed by atoms with Crippen molar-refractivity contribution in [1.29, 1.82) is 0 Å². The maximum atomic E-state index is 13.8. The summed E-state index contributed by atoms with van der Waals surface area (Å²) in [5.74, 6) is 0.632. The minimum atomic E-state index is -1.98. The number of H-pyrrole nitrogens is 1. The van der Waals surface area contributed by atoms with Gasteiger partial charge in [-0.2, -0.15) is 0 Å². The molecular weight excluding hydrogens is 652 g/mol. The summed E-state index contributed by atoms with van der Waals surface area (Å²) in [4.78, 5) is 24.8. The second-order valence-electron chi connectivity index (χ2n) is 17.6. The first-order valence-corrected chi connectivity index (χ1v) is 19.6. The molecule has 6 aliphatic rings. The van der Waals surface area contributed by atoms with Crippen LogP contribution in [0.15, 0.2) is 48.6 Å². The monoisotopic (exact) mass is 708 g/mol. The van der Waals surface area contributed by atoms with E-state index in [1.807, 2.05) is 7.05 Å². The minimum Gasteiger partial charge on any atom is -0.496 e. The molecule has 9 rings (SSSR count). The van der Waals surface area contributed by atoms with E-state index in [9.17, 15) is 20.1 Å². The van der Waals surface area contributed by atoms with Gasteiger partial charge in [-0.3, -0.25) is 14.6 Å². The number of methoxy groups -OCH3 is 1. The number of carbonyl (C=O) groups is 1. The van der Waals surface area contributed by atoms with Crippen LogP contribution in [-0.2, 0) is 22.0 Å². The number of aromatic nitrogens is 1. The van der Waals surface area contributed by atoms with Crippen LogP contribution >= 0.6 is 0 Å². The predicted octanol–water partition coefficient (Wildman–Crippen LogP) is 4.68. The van der Waals surface area contributed by atoms with Crippen molar-refractivity contribution >= 4 is 22.4 Å². The number of para-hydroxylation sites is 1. The van der Waals surface area contributed by atoms with Gasteiger partial charge in [-0.25, -0.2) is 0 Å². The molecule has 1 spiro atoms. The standard InChI is InChI=1S/C43H56N4O5/c1-7-40(50)23-27-22-39(4,35-29(14-18-46(24-27)25-40)28-12-9-10-13-32(28)44-35)31-20-30-33(21-34(31)52-6)45(5)37-42(30)16-19-47-17-11-15-41(8-2,36(42)47)38(49)43(37,51)26(3)48/h9-13,15,20-21,27,36-38,44,49-51H,7-8,14,16-19,22-25H2,1-6H3/t27?,36-,37?,38-,39-,40+,41-,42-,43+/m1/s1. The fourth-order valence-electron chi connectivity index (χ4n) is 13.0. The Bertz CT molecular complexity index is 1990. The molecule has 1 saturated carbocycles. The zero-order chi connectivity index (χ0) is 36.6. The van der Waals surface area contributed by atoms with Crippen molar-refractivity contribution in [2.24, 2.45) is 11.3 Å². The number of nitrogens with zero attached hydrogens (tertiary/aromatic N) is 3. The largest absolute Gasteiger partial charge is 0.496 e. The van der Waals surface area contributed by atoms with Gasteiger partial charge >= 0.3 is 0 Å². The van der Waals surface area contributed by atoms with Gasteiger partial charge in [0, 0.05) is 89.4 Å².